The van der Waals surface area contributed by atoms with Gasteiger partial charge in [-0.05, 0) is 25.1 Å². The number of thiophene rings is 1. The van der Waals surface area contributed by atoms with E-state index < -0.39 is 9.84 Å². The zero-order valence-corrected chi connectivity index (χ0v) is 10.7. The van der Waals surface area contributed by atoms with Crippen molar-refractivity contribution < 1.29 is 8.42 Å². The molecule has 4 nitrogen and oxygen atoms in total. The summed E-state index contributed by atoms with van der Waals surface area (Å²) in [7, 11) is -2.85. The second-order valence-corrected chi connectivity index (χ2v) is 6.97. The van der Waals surface area contributed by atoms with Gasteiger partial charge in [-0.1, -0.05) is 0 Å². The fraction of sp³-hybridized carbons (Fsp3) is 0.500. The molecule has 1 aromatic rings. The Morgan fingerprint density at radius 1 is 1.50 bits per heavy atom. The maximum absolute atomic E-state index is 10.8. The van der Waals surface area contributed by atoms with E-state index in [4.69, 9.17) is 5.26 Å². The van der Waals surface area contributed by atoms with Crippen molar-refractivity contribution in [2.75, 3.05) is 18.6 Å². The van der Waals surface area contributed by atoms with Crippen LogP contribution in [0.4, 0.5) is 0 Å². The van der Waals surface area contributed by atoms with Crippen molar-refractivity contribution in [1.82, 2.24) is 5.32 Å². The van der Waals surface area contributed by atoms with Crippen LogP contribution >= 0.6 is 11.3 Å². The van der Waals surface area contributed by atoms with Crippen molar-refractivity contribution in [2.24, 2.45) is 0 Å². The normalized spacial score (nSPS) is 11.2. The molecule has 0 aliphatic carbocycles. The predicted molar refractivity (Wildman–Crippen MR) is 65.1 cm³/mol. The predicted octanol–water partition coefficient (Wildman–Crippen LogP) is 1.14. The second kappa shape index (κ2) is 5.99. The summed E-state index contributed by atoms with van der Waals surface area (Å²) in [6, 6.07) is 5.78. The van der Waals surface area contributed by atoms with Gasteiger partial charge in [-0.2, -0.15) is 5.26 Å². The van der Waals surface area contributed by atoms with Crippen LogP contribution in [0, 0.1) is 11.3 Å². The van der Waals surface area contributed by atoms with Gasteiger partial charge >= 0.3 is 0 Å². The minimum atomic E-state index is -2.85. The second-order valence-electron chi connectivity index (χ2n) is 3.54. The highest BCUT2D eigenvalue weighted by atomic mass is 32.2. The van der Waals surface area contributed by atoms with Crippen LogP contribution in [0.2, 0.25) is 0 Å². The number of rotatable bonds is 6. The minimum Gasteiger partial charge on any atom is -0.312 e. The van der Waals surface area contributed by atoms with Gasteiger partial charge in [0.15, 0.2) is 0 Å². The summed E-state index contributed by atoms with van der Waals surface area (Å²) in [5.74, 6) is 0.216. The standard InChI is InChI=1S/C10H14N2O2S2/c1-16(13,14)6-2-5-12-8-10-4-3-9(7-11)15-10/h3-4,12H,2,5-6,8H2,1H3. The van der Waals surface area contributed by atoms with Gasteiger partial charge in [0.2, 0.25) is 0 Å². The first-order valence-corrected chi connectivity index (χ1v) is 7.76. The monoisotopic (exact) mass is 258 g/mol. The van der Waals surface area contributed by atoms with E-state index in [1.165, 1.54) is 17.6 Å². The number of hydrogen-bond acceptors (Lipinski definition) is 5. The van der Waals surface area contributed by atoms with Crippen LogP contribution in [0.1, 0.15) is 16.2 Å². The van der Waals surface area contributed by atoms with Crippen molar-refractivity contribution in [2.45, 2.75) is 13.0 Å². The molecule has 1 aromatic heterocycles. The van der Waals surface area contributed by atoms with Crippen LogP contribution in [0.25, 0.3) is 0 Å². The van der Waals surface area contributed by atoms with Crippen molar-refractivity contribution in [3.8, 4) is 6.07 Å². The molecule has 0 amide bonds. The van der Waals surface area contributed by atoms with E-state index in [1.54, 1.807) is 6.07 Å². The van der Waals surface area contributed by atoms with Crippen molar-refractivity contribution in [1.29, 1.82) is 5.26 Å². The summed E-state index contributed by atoms with van der Waals surface area (Å²) in [6.45, 7) is 1.36. The molecule has 0 fully saturated rings. The maximum Gasteiger partial charge on any atom is 0.147 e. The van der Waals surface area contributed by atoms with Gasteiger partial charge in [0.25, 0.3) is 0 Å². The first kappa shape index (κ1) is 13.2. The summed E-state index contributed by atoms with van der Waals surface area (Å²) in [6.07, 6.45) is 1.86. The van der Waals surface area contributed by atoms with Crippen LogP contribution in [-0.2, 0) is 16.4 Å². The molecule has 1 heterocycles. The van der Waals surface area contributed by atoms with E-state index in [9.17, 15) is 8.42 Å². The first-order valence-electron chi connectivity index (χ1n) is 4.88. The number of nitriles is 1. The molecule has 16 heavy (non-hydrogen) atoms. The molecule has 1 rings (SSSR count). The van der Waals surface area contributed by atoms with Gasteiger partial charge in [0.1, 0.15) is 20.8 Å². The molecule has 0 spiro atoms. The molecule has 88 valence electrons. The highest BCUT2D eigenvalue weighted by Crippen LogP contribution is 2.14. The average Bonchev–Trinajstić information content (AvgIpc) is 2.63. The Kier molecular flexibility index (Phi) is 4.93. The first-order chi connectivity index (χ1) is 7.51. The zero-order chi connectivity index (χ0) is 12.0. The van der Waals surface area contributed by atoms with Gasteiger partial charge in [-0.15, -0.1) is 11.3 Å². The third kappa shape index (κ3) is 5.26. The number of sulfone groups is 1. The van der Waals surface area contributed by atoms with Crippen LogP contribution in [-0.4, -0.2) is 27.0 Å². The van der Waals surface area contributed by atoms with E-state index in [1.807, 2.05) is 6.07 Å². The zero-order valence-electron chi connectivity index (χ0n) is 9.06. The van der Waals surface area contributed by atoms with Crippen molar-refractivity contribution >= 4 is 21.2 Å². The van der Waals surface area contributed by atoms with Gasteiger partial charge in [0, 0.05) is 17.7 Å². The van der Waals surface area contributed by atoms with Crippen molar-refractivity contribution in [3.63, 3.8) is 0 Å². The lowest BCUT2D eigenvalue weighted by Gasteiger charge is -2.01. The minimum absolute atomic E-state index is 0.216. The fourth-order valence-corrected chi connectivity index (χ4v) is 2.65. The highest BCUT2D eigenvalue weighted by molar-refractivity contribution is 7.90. The van der Waals surface area contributed by atoms with E-state index in [0.29, 0.717) is 24.4 Å². The van der Waals surface area contributed by atoms with Crippen molar-refractivity contribution in [3.05, 3.63) is 21.9 Å². The average molecular weight is 258 g/mol. The third-order valence-electron chi connectivity index (χ3n) is 1.94. The number of nitrogens with one attached hydrogen (secondary N) is 1. The highest BCUT2D eigenvalue weighted by Gasteiger charge is 2.01. The lowest BCUT2D eigenvalue weighted by Crippen LogP contribution is -2.17. The van der Waals surface area contributed by atoms with Crippen LogP contribution < -0.4 is 5.32 Å². The topological polar surface area (TPSA) is 70.0 Å². The van der Waals surface area contributed by atoms with E-state index in [-0.39, 0.29) is 5.75 Å². The molecule has 0 saturated carbocycles. The third-order valence-corrected chi connectivity index (χ3v) is 3.96. The summed E-state index contributed by atoms with van der Waals surface area (Å²) in [4.78, 5) is 1.80. The molecule has 0 saturated heterocycles. The molecular formula is C10H14N2O2S2. The molecule has 0 radical (unpaired) electrons. The molecule has 0 unspecified atom stereocenters. The SMILES string of the molecule is CS(=O)(=O)CCCNCc1ccc(C#N)s1. The van der Waals surface area contributed by atoms with E-state index in [2.05, 4.69) is 11.4 Å². The number of nitrogens with zero attached hydrogens (tertiary/aromatic N) is 1. The Morgan fingerprint density at radius 2 is 2.25 bits per heavy atom. The Morgan fingerprint density at radius 3 is 2.81 bits per heavy atom. The molecule has 1 N–H and O–H groups in total. The van der Waals surface area contributed by atoms with E-state index >= 15 is 0 Å². The molecule has 0 aliphatic rings. The molecule has 0 atom stereocenters. The lowest BCUT2D eigenvalue weighted by molar-refractivity contribution is 0.594. The molecule has 6 heteroatoms. The van der Waals surface area contributed by atoms with E-state index in [0.717, 1.165) is 4.88 Å². The largest absolute Gasteiger partial charge is 0.312 e. The quantitative estimate of drug-likeness (QED) is 0.777. The van der Waals surface area contributed by atoms with Crippen LogP contribution in [0.15, 0.2) is 12.1 Å². The van der Waals surface area contributed by atoms with Crippen LogP contribution in [0.3, 0.4) is 0 Å². The Hall–Kier alpha value is -0.900. The smallest absolute Gasteiger partial charge is 0.147 e. The lowest BCUT2D eigenvalue weighted by atomic mass is 10.4. The molecular weight excluding hydrogens is 244 g/mol. The Balaban J connectivity index is 2.19. The molecule has 0 bridgehead atoms. The fourth-order valence-electron chi connectivity index (χ4n) is 1.20. The summed E-state index contributed by atoms with van der Waals surface area (Å²) in [5, 5.41) is 11.8. The maximum atomic E-state index is 10.8. The van der Waals surface area contributed by atoms with Gasteiger partial charge in [-0.25, -0.2) is 8.42 Å². The summed E-state index contributed by atoms with van der Waals surface area (Å²) >= 11 is 1.45. The summed E-state index contributed by atoms with van der Waals surface area (Å²) < 4.78 is 21.7. The Labute approximate surface area is 99.8 Å². The number of hydrogen-bond donors (Lipinski definition) is 1. The summed E-state index contributed by atoms with van der Waals surface area (Å²) in [5.41, 5.74) is 0. The van der Waals surface area contributed by atoms with Gasteiger partial charge < -0.3 is 5.32 Å². The Bertz CT molecular complexity index is 471. The van der Waals surface area contributed by atoms with Gasteiger partial charge in [-0.3, -0.25) is 0 Å². The van der Waals surface area contributed by atoms with Gasteiger partial charge in [0.05, 0.1) is 5.75 Å². The van der Waals surface area contributed by atoms with Crippen LogP contribution in [0.5, 0.6) is 0 Å². The molecule has 0 aliphatic heterocycles. The molecule has 0 aromatic carbocycles.